The maximum atomic E-state index is 12.4. The first-order chi connectivity index (χ1) is 9.31. The molecule has 0 aliphatic rings. The Hall–Kier alpha value is -1.08. The van der Waals surface area contributed by atoms with E-state index < -0.39 is 10.0 Å². The second-order valence-electron chi connectivity index (χ2n) is 4.48. The van der Waals surface area contributed by atoms with Crippen LogP contribution in [0.25, 0.3) is 0 Å². The van der Waals surface area contributed by atoms with Gasteiger partial charge in [0.1, 0.15) is 0 Å². The number of thiophene rings is 1. The molecule has 0 aliphatic heterocycles. The molecule has 1 atom stereocenters. The SMILES string of the molecule is Cc1c(N)cc(Cl)cc1S(=O)(=O)NC(C)c1cccs1. The number of sulfonamides is 1. The molecule has 2 rings (SSSR count). The fourth-order valence-electron chi connectivity index (χ4n) is 1.85. The average Bonchev–Trinajstić information content (AvgIpc) is 2.86. The van der Waals surface area contributed by atoms with Crippen molar-refractivity contribution in [2.24, 2.45) is 0 Å². The highest BCUT2D eigenvalue weighted by atomic mass is 35.5. The zero-order valence-electron chi connectivity index (χ0n) is 11.1. The van der Waals surface area contributed by atoms with E-state index in [4.69, 9.17) is 17.3 Å². The molecule has 0 saturated carbocycles. The van der Waals surface area contributed by atoms with Gasteiger partial charge in [0.15, 0.2) is 0 Å². The molecule has 0 fully saturated rings. The van der Waals surface area contributed by atoms with Crippen LogP contribution in [-0.2, 0) is 10.0 Å². The third kappa shape index (κ3) is 3.15. The number of benzene rings is 1. The second kappa shape index (κ2) is 5.73. The third-order valence-electron chi connectivity index (χ3n) is 2.96. The zero-order chi connectivity index (χ0) is 14.9. The maximum Gasteiger partial charge on any atom is 0.241 e. The zero-order valence-corrected chi connectivity index (χ0v) is 13.4. The fraction of sp³-hybridized carbons (Fsp3) is 0.231. The van der Waals surface area contributed by atoms with E-state index in [1.807, 2.05) is 17.5 Å². The fourth-order valence-corrected chi connectivity index (χ4v) is 4.47. The molecular formula is C13H15ClN2O2S2. The third-order valence-corrected chi connectivity index (χ3v) is 5.90. The summed E-state index contributed by atoms with van der Waals surface area (Å²) in [5.74, 6) is 0. The predicted molar refractivity (Wildman–Crippen MR) is 83.7 cm³/mol. The van der Waals surface area contributed by atoms with E-state index in [9.17, 15) is 8.42 Å². The largest absolute Gasteiger partial charge is 0.398 e. The van der Waals surface area contributed by atoms with Crippen molar-refractivity contribution in [3.8, 4) is 0 Å². The lowest BCUT2D eigenvalue weighted by Crippen LogP contribution is -2.27. The number of rotatable bonds is 4. The summed E-state index contributed by atoms with van der Waals surface area (Å²) in [7, 11) is -3.67. The standard InChI is InChI=1S/C13H15ClN2O2S2/c1-8-11(15)6-10(14)7-13(8)20(17,18)16-9(2)12-4-3-5-19-12/h3-7,9,16H,15H2,1-2H3. The van der Waals surface area contributed by atoms with Gasteiger partial charge in [-0.05, 0) is 43.0 Å². The van der Waals surface area contributed by atoms with Crippen LogP contribution in [0.15, 0.2) is 34.5 Å². The van der Waals surface area contributed by atoms with Gasteiger partial charge < -0.3 is 5.73 Å². The molecule has 0 aliphatic carbocycles. The highest BCUT2D eigenvalue weighted by Gasteiger charge is 2.22. The molecule has 1 heterocycles. The lowest BCUT2D eigenvalue weighted by molar-refractivity contribution is 0.568. The molecule has 3 N–H and O–H groups in total. The van der Waals surface area contributed by atoms with E-state index in [0.29, 0.717) is 16.3 Å². The summed E-state index contributed by atoms with van der Waals surface area (Å²) >= 11 is 7.39. The first kappa shape index (κ1) is 15.3. The van der Waals surface area contributed by atoms with Crippen LogP contribution in [0.5, 0.6) is 0 Å². The van der Waals surface area contributed by atoms with Crippen LogP contribution in [0.4, 0.5) is 5.69 Å². The summed E-state index contributed by atoms with van der Waals surface area (Å²) in [6.45, 7) is 3.46. The number of nitrogen functional groups attached to an aromatic ring is 1. The van der Waals surface area contributed by atoms with Crippen LogP contribution in [0.1, 0.15) is 23.4 Å². The molecule has 1 aromatic carbocycles. The van der Waals surface area contributed by atoms with Crippen molar-refractivity contribution >= 4 is 38.6 Å². The molecule has 7 heteroatoms. The van der Waals surface area contributed by atoms with Crippen molar-refractivity contribution in [3.05, 3.63) is 45.1 Å². The smallest absolute Gasteiger partial charge is 0.241 e. The first-order valence-corrected chi connectivity index (χ1v) is 8.66. The number of hydrogen-bond acceptors (Lipinski definition) is 4. The van der Waals surface area contributed by atoms with Crippen LogP contribution in [0, 0.1) is 6.92 Å². The van der Waals surface area contributed by atoms with Crippen LogP contribution in [0.2, 0.25) is 5.02 Å². The quantitative estimate of drug-likeness (QED) is 0.844. The summed E-state index contributed by atoms with van der Waals surface area (Å²) in [5, 5.41) is 2.21. The van der Waals surface area contributed by atoms with E-state index in [0.717, 1.165) is 4.88 Å². The van der Waals surface area contributed by atoms with Gasteiger partial charge >= 0.3 is 0 Å². The lowest BCUT2D eigenvalue weighted by atomic mass is 10.2. The normalized spacial score (nSPS) is 13.3. The Morgan fingerprint density at radius 1 is 1.40 bits per heavy atom. The Labute approximate surface area is 127 Å². The van der Waals surface area contributed by atoms with Gasteiger partial charge in [-0.25, -0.2) is 13.1 Å². The molecule has 4 nitrogen and oxygen atoms in total. The molecule has 2 aromatic rings. The molecule has 0 spiro atoms. The molecular weight excluding hydrogens is 316 g/mol. The van der Waals surface area contributed by atoms with E-state index in [1.165, 1.54) is 17.4 Å². The first-order valence-electron chi connectivity index (χ1n) is 5.92. The molecule has 108 valence electrons. The van der Waals surface area contributed by atoms with Crippen LogP contribution >= 0.6 is 22.9 Å². The van der Waals surface area contributed by atoms with E-state index in [1.54, 1.807) is 19.9 Å². The molecule has 1 unspecified atom stereocenters. The van der Waals surface area contributed by atoms with Gasteiger partial charge in [0.25, 0.3) is 0 Å². The van der Waals surface area contributed by atoms with Crippen LogP contribution in [0.3, 0.4) is 0 Å². The minimum Gasteiger partial charge on any atom is -0.398 e. The van der Waals surface area contributed by atoms with Crippen LogP contribution < -0.4 is 10.5 Å². The van der Waals surface area contributed by atoms with Crippen molar-refractivity contribution in [3.63, 3.8) is 0 Å². The van der Waals surface area contributed by atoms with Crippen molar-refractivity contribution < 1.29 is 8.42 Å². The number of halogens is 1. The minimum absolute atomic E-state index is 0.117. The van der Waals surface area contributed by atoms with Crippen molar-refractivity contribution in [1.82, 2.24) is 4.72 Å². The van der Waals surface area contributed by atoms with E-state index in [-0.39, 0.29) is 10.9 Å². The Morgan fingerprint density at radius 3 is 2.70 bits per heavy atom. The Morgan fingerprint density at radius 2 is 2.10 bits per heavy atom. The molecule has 0 bridgehead atoms. The Balaban J connectivity index is 2.36. The summed E-state index contributed by atoms with van der Waals surface area (Å²) in [6, 6.07) is 6.42. The summed E-state index contributed by atoms with van der Waals surface area (Å²) in [5.41, 5.74) is 6.63. The summed E-state index contributed by atoms with van der Waals surface area (Å²) < 4.78 is 27.5. The number of nitrogens with one attached hydrogen (secondary N) is 1. The van der Waals surface area contributed by atoms with Crippen molar-refractivity contribution in [2.45, 2.75) is 24.8 Å². The van der Waals surface area contributed by atoms with E-state index >= 15 is 0 Å². The summed E-state index contributed by atoms with van der Waals surface area (Å²) in [6.07, 6.45) is 0. The lowest BCUT2D eigenvalue weighted by Gasteiger charge is -2.15. The Bertz CT molecular complexity index is 712. The second-order valence-corrected chi connectivity index (χ2v) is 7.57. The van der Waals surface area contributed by atoms with Gasteiger partial charge in [0.2, 0.25) is 10.0 Å². The molecule has 1 aromatic heterocycles. The Kier molecular flexibility index (Phi) is 4.39. The topological polar surface area (TPSA) is 72.2 Å². The predicted octanol–water partition coefficient (Wildman–Crippen LogP) is 3.33. The van der Waals surface area contributed by atoms with E-state index in [2.05, 4.69) is 4.72 Å². The van der Waals surface area contributed by atoms with Gasteiger partial charge in [-0.2, -0.15) is 0 Å². The van der Waals surface area contributed by atoms with Gasteiger partial charge in [0, 0.05) is 15.6 Å². The highest BCUT2D eigenvalue weighted by Crippen LogP contribution is 2.27. The minimum atomic E-state index is -3.67. The maximum absolute atomic E-state index is 12.4. The number of nitrogens with two attached hydrogens (primary N) is 1. The monoisotopic (exact) mass is 330 g/mol. The van der Waals surface area contributed by atoms with Gasteiger partial charge in [0.05, 0.1) is 10.9 Å². The highest BCUT2D eigenvalue weighted by molar-refractivity contribution is 7.89. The van der Waals surface area contributed by atoms with Crippen molar-refractivity contribution in [1.29, 1.82) is 0 Å². The number of hydrogen-bond donors (Lipinski definition) is 2. The van der Waals surface area contributed by atoms with Gasteiger partial charge in [-0.3, -0.25) is 0 Å². The van der Waals surface area contributed by atoms with Gasteiger partial charge in [-0.15, -0.1) is 11.3 Å². The van der Waals surface area contributed by atoms with Crippen molar-refractivity contribution in [2.75, 3.05) is 5.73 Å². The summed E-state index contributed by atoms with van der Waals surface area (Å²) in [4.78, 5) is 1.06. The average molecular weight is 331 g/mol. The molecule has 0 saturated heterocycles. The van der Waals surface area contributed by atoms with Crippen LogP contribution in [-0.4, -0.2) is 8.42 Å². The molecule has 0 radical (unpaired) electrons. The molecule has 0 amide bonds. The van der Waals surface area contributed by atoms with Gasteiger partial charge in [-0.1, -0.05) is 17.7 Å². The number of anilines is 1. The molecule has 20 heavy (non-hydrogen) atoms.